The second-order valence-corrected chi connectivity index (χ2v) is 5.72. The summed E-state index contributed by atoms with van der Waals surface area (Å²) in [6.07, 6.45) is 0.734. The van der Waals surface area contributed by atoms with E-state index in [0.29, 0.717) is 22.9 Å². The molecule has 1 aromatic carbocycles. The predicted octanol–water partition coefficient (Wildman–Crippen LogP) is 1.62. The van der Waals surface area contributed by atoms with Gasteiger partial charge >= 0.3 is 12.0 Å². The van der Waals surface area contributed by atoms with Crippen molar-refractivity contribution in [3.63, 3.8) is 0 Å². The minimum atomic E-state index is -0.820. The minimum Gasteiger partial charge on any atom is -0.451 e. The maximum Gasteiger partial charge on any atom is 0.361 e. The molecule has 0 spiro atoms. The fourth-order valence-electron chi connectivity index (χ4n) is 1.93. The van der Waals surface area contributed by atoms with E-state index in [1.165, 1.54) is 4.80 Å². The molecule has 0 aliphatic heterocycles. The molecule has 0 saturated carbocycles. The first kappa shape index (κ1) is 19.4. The molecule has 3 amide bonds. The van der Waals surface area contributed by atoms with Crippen LogP contribution in [0.25, 0.3) is 5.69 Å². The Kier molecular flexibility index (Phi) is 6.67. The van der Waals surface area contributed by atoms with Crippen LogP contribution in [0.1, 0.15) is 29.5 Å². The molecule has 138 valence electrons. The average molecular weight is 380 g/mol. The van der Waals surface area contributed by atoms with Gasteiger partial charge in [0.25, 0.3) is 5.91 Å². The minimum absolute atomic E-state index is 0.0341. The molecule has 9 nitrogen and oxygen atoms in total. The van der Waals surface area contributed by atoms with E-state index in [4.69, 9.17) is 16.3 Å². The van der Waals surface area contributed by atoms with Crippen LogP contribution in [0.4, 0.5) is 4.79 Å². The number of nitrogens with zero attached hydrogens (tertiary/aromatic N) is 3. The summed E-state index contributed by atoms with van der Waals surface area (Å²) in [7, 11) is 0. The number of nitrogens with one attached hydrogen (secondary N) is 2. The number of hydrogen-bond donors (Lipinski definition) is 2. The van der Waals surface area contributed by atoms with E-state index in [2.05, 4.69) is 20.8 Å². The lowest BCUT2D eigenvalue weighted by Crippen LogP contribution is -2.41. The van der Waals surface area contributed by atoms with E-state index < -0.39 is 24.5 Å². The molecule has 0 bridgehead atoms. The first-order chi connectivity index (χ1) is 12.4. The van der Waals surface area contributed by atoms with E-state index in [-0.39, 0.29) is 5.69 Å². The SMILES string of the molecule is CCCNC(=O)NC(=O)COC(=O)c1nn(-c2cccc(Cl)c2)nc1C. The number of urea groups is 1. The van der Waals surface area contributed by atoms with Crippen LogP contribution in [0.5, 0.6) is 0 Å². The van der Waals surface area contributed by atoms with Gasteiger partial charge in [-0.2, -0.15) is 9.90 Å². The van der Waals surface area contributed by atoms with Crippen molar-refractivity contribution in [1.29, 1.82) is 0 Å². The molecule has 26 heavy (non-hydrogen) atoms. The second kappa shape index (κ2) is 8.95. The van der Waals surface area contributed by atoms with Gasteiger partial charge in [0, 0.05) is 11.6 Å². The second-order valence-electron chi connectivity index (χ2n) is 5.28. The van der Waals surface area contributed by atoms with E-state index in [1.807, 2.05) is 6.92 Å². The van der Waals surface area contributed by atoms with Crippen LogP contribution in [-0.4, -0.2) is 46.1 Å². The highest BCUT2D eigenvalue weighted by Gasteiger charge is 2.19. The van der Waals surface area contributed by atoms with Crippen LogP contribution in [0, 0.1) is 6.92 Å². The number of esters is 1. The van der Waals surface area contributed by atoms with Gasteiger partial charge in [0.1, 0.15) is 0 Å². The highest BCUT2D eigenvalue weighted by Crippen LogP contribution is 2.14. The van der Waals surface area contributed by atoms with Gasteiger partial charge < -0.3 is 10.1 Å². The summed E-state index contributed by atoms with van der Waals surface area (Å²) in [4.78, 5) is 36.3. The Bertz CT molecular complexity index is 821. The van der Waals surface area contributed by atoms with Crippen LogP contribution >= 0.6 is 11.6 Å². The Hall–Kier alpha value is -2.94. The topological polar surface area (TPSA) is 115 Å². The van der Waals surface area contributed by atoms with Crippen molar-refractivity contribution in [1.82, 2.24) is 25.6 Å². The van der Waals surface area contributed by atoms with E-state index in [9.17, 15) is 14.4 Å². The summed E-state index contributed by atoms with van der Waals surface area (Å²) >= 11 is 5.92. The van der Waals surface area contributed by atoms with Gasteiger partial charge in [-0.15, -0.1) is 5.10 Å². The third-order valence-electron chi connectivity index (χ3n) is 3.14. The molecular formula is C16H18ClN5O4. The molecule has 10 heteroatoms. The summed E-state index contributed by atoms with van der Waals surface area (Å²) < 4.78 is 4.88. The smallest absolute Gasteiger partial charge is 0.361 e. The normalized spacial score (nSPS) is 10.3. The Morgan fingerprint density at radius 3 is 2.73 bits per heavy atom. The van der Waals surface area contributed by atoms with Crippen molar-refractivity contribution >= 4 is 29.5 Å². The molecule has 0 atom stereocenters. The number of imide groups is 1. The Morgan fingerprint density at radius 2 is 2.04 bits per heavy atom. The maximum absolute atomic E-state index is 12.1. The van der Waals surface area contributed by atoms with Crippen molar-refractivity contribution in [2.24, 2.45) is 0 Å². The third-order valence-corrected chi connectivity index (χ3v) is 3.37. The third kappa shape index (κ3) is 5.28. The van der Waals surface area contributed by atoms with Crippen LogP contribution in [0.2, 0.25) is 5.02 Å². The number of benzene rings is 1. The number of halogens is 1. The van der Waals surface area contributed by atoms with Crippen molar-refractivity contribution in [2.75, 3.05) is 13.2 Å². The number of aryl methyl sites for hydroxylation is 1. The van der Waals surface area contributed by atoms with E-state index >= 15 is 0 Å². The van der Waals surface area contributed by atoms with Gasteiger partial charge in [0.05, 0.1) is 11.4 Å². The van der Waals surface area contributed by atoms with Crippen LogP contribution in [-0.2, 0) is 9.53 Å². The Labute approximate surface area is 154 Å². The molecule has 1 aromatic heterocycles. The number of carbonyl (C=O) groups is 3. The van der Waals surface area contributed by atoms with Crippen molar-refractivity contribution < 1.29 is 19.1 Å². The molecule has 2 rings (SSSR count). The largest absolute Gasteiger partial charge is 0.451 e. The fourth-order valence-corrected chi connectivity index (χ4v) is 2.11. The van der Waals surface area contributed by atoms with E-state index in [0.717, 1.165) is 6.42 Å². The molecule has 1 heterocycles. The van der Waals surface area contributed by atoms with Gasteiger partial charge in [-0.3, -0.25) is 10.1 Å². The molecule has 0 aliphatic carbocycles. The monoisotopic (exact) mass is 379 g/mol. The zero-order chi connectivity index (χ0) is 19.1. The van der Waals surface area contributed by atoms with Gasteiger partial charge in [-0.1, -0.05) is 24.6 Å². The summed E-state index contributed by atoms with van der Waals surface area (Å²) in [5, 5.41) is 13.2. The number of amides is 3. The van der Waals surface area contributed by atoms with Crippen molar-refractivity contribution in [2.45, 2.75) is 20.3 Å². The Morgan fingerprint density at radius 1 is 1.27 bits per heavy atom. The standard InChI is InChI=1S/C16H18ClN5O4/c1-3-7-18-16(25)19-13(23)9-26-15(24)14-10(2)20-22(21-14)12-6-4-5-11(17)8-12/h4-6,8H,3,7,9H2,1-2H3,(H2,18,19,23,25). The highest BCUT2D eigenvalue weighted by molar-refractivity contribution is 6.30. The average Bonchev–Trinajstić information content (AvgIpc) is 3.00. The highest BCUT2D eigenvalue weighted by atomic mass is 35.5. The first-order valence-corrected chi connectivity index (χ1v) is 8.23. The zero-order valence-electron chi connectivity index (χ0n) is 14.3. The van der Waals surface area contributed by atoms with Gasteiger partial charge in [0.2, 0.25) is 0 Å². The number of ether oxygens (including phenoxy) is 1. The number of aromatic nitrogens is 3. The van der Waals surface area contributed by atoms with Gasteiger partial charge in [-0.25, -0.2) is 9.59 Å². The number of hydrogen-bond acceptors (Lipinski definition) is 6. The van der Waals surface area contributed by atoms with E-state index in [1.54, 1.807) is 31.2 Å². The molecule has 2 aromatic rings. The fraction of sp³-hybridized carbons (Fsp3) is 0.312. The summed E-state index contributed by atoms with van der Waals surface area (Å²) in [5.74, 6) is -1.56. The predicted molar refractivity (Wildman–Crippen MR) is 93.2 cm³/mol. The summed E-state index contributed by atoms with van der Waals surface area (Å²) in [6.45, 7) is 3.29. The molecule has 2 N–H and O–H groups in total. The Balaban J connectivity index is 1.96. The van der Waals surface area contributed by atoms with Crippen molar-refractivity contribution in [3.05, 3.63) is 40.7 Å². The lowest BCUT2D eigenvalue weighted by atomic mass is 10.3. The molecule has 0 unspecified atom stereocenters. The van der Waals surface area contributed by atoms with Gasteiger partial charge in [-0.05, 0) is 31.5 Å². The molecule has 0 fully saturated rings. The van der Waals surface area contributed by atoms with Crippen LogP contribution < -0.4 is 10.6 Å². The molecule has 0 saturated heterocycles. The lowest BCUT2D eigenvalue weighted by molar-refractivity contribution is -0.123. The van der Waals surface area contributed by atoms with Gasteiger partial charge in [0.15, 0.2) is 12.3 Å². The summed E-state index contributed by atoms with van der Waals surface area (Å²) in [6, 6.07) is 6.14. The molecular weight excluding hydrogens is 362 g/mol. The number of carbonyl (C=O) groups excluding carboxylic acids is 3. The maximum atomic E-state index is 12.1. The molecule has 0 radical (unpaired) electrons. The zero-order valence-corrected chi connectivity index (χ0v) is 15.0. The van der Waals surface area contributed by atoms with Crippen LogP contribution in [0.3, 0.4) is 0 Å². The summed E-state index contributed by atoms with van der Waals surface area (Å²) in [5.41, 5.74) is 0.870. The first-order valence-electron chi connectivity index (χ1n) is 7.85. The quantitative estimate of drug-likeness (QED) is 0.737. The number of rotatable bonds is 6. The molecule has 0 aliphatic rings. The van der Waals surface area contributed by atoms with Crippen LogP contribution in [0.15, 0.2) is 24.3 Å². The lowest BCUT2D eigenvalue weighted by Gasteiger charge is -2.06. The van der Waals surface area contributed by atoms with Crippen molar-refractivity contribution in [3.8, 4) is 5.69 Å².